The Morgan fingerprint density at radius 1 is 0.786 bits per heavy atom. The highest BCUT2D eigenvalue weighted by molar-refractivity contribution is 7.98. The smallest absolute Gasteiger partial charge is 0.0148 e. The van der Waals surface area contributed by atoms with E-state index < -0.39 is 0 Å². The van der Waals surface area contributed by atoms with Gasteiger partial charge in [0.2, 0.25) is 0 Å². The van der Waals surface area contributed by atoms with Gasteiger partial charge in [0, 0.05) is 4.90 Å². The maximum Gasteiger partial charge on any atom is 0.0148 e. The molecule has 0 aliphatic rings. The zero-order valence-corrected chi connectivity index (χ0v) is 8.92. The minimum absolute atomic E-state index is 1.29. The zero-order chi connectivity index (χ0) is 9.80. The summed E-state index contributed by atoms with van der Waals surface area (Å²) in [5, 5.41) is 0. The number of rotatable bonds is 2. The summed E-state index contributed by atoms with van der Waals surface area (Å²) < 4.78 is 0. The summed E-state index contributed by atoms with van der Waals surface area (Å²) in [6.45, 7) is 0. The molecule has 0 unspecified atom stereocenters. The molecule has 2 rings (SSSR count). The first-order valence-electron chi connectivity index (χ1n) is 4.60. The van der Waals surface area contributed by atoms with Crippen molar-refractivity contribution in [3.63, 3.8) is 0 Å². The van der Waals surface area contributed by atoms with Crippen LogP contribution in [0.15, 0.2) is 59.5 Å². The monoisotopic (exact) mass is 200 g/mol. The number of thioether (sulfide) groups is 1. The standard InChI is InChI=1S/C13H12S/c1-14-13-10-6-5-9-12(13)11-7-3-2-4-8-11/h2-10H,1H3. The van der Waals surface area contributed by atoms with Crippen LogP contribution in [-0.2, 0) is 0 Å². The molecular formula is C13H12S. The molecule has 0 aliphatic carbocycles. The van der Waals surface area contributed by atoms with E-state index in [0.29, 0.717) is 0 Å². The fourth-order valence-corrected chi connectivity index (χ4v) is 2.12. The second-order valence-electron chi connectivity index (χ2n) is 3.07. The van der Waals surface area contributed by atoms with E-state index >= 15 is 0 Å². The fraction of sp³-hybridized carbons (Fsp3) is 0.0769. The molecule has 0 aliphatic heterocycles. The Hall–Kier alpha value is -1.21. The van der Waals surface area contributed by atoms with Crippen LogP contribution >= 0.6 is 11.8 Å². The summed E-state index contributed by atoms with van der Waals surface area (Å²) >= 11 is 1.79. The molecule has 0 aromatic heterocycles. The van der Waals surface area contributed by atoms with Gasteiger partial charge < -0.3 is 0 Å². The minimum Gasteiger partial charge on any atom is -0.129 e. The molecule has 2 aromatic rings. The van der Waals surface area contributed by atoms with Crippen LogP contribution in [0, 0.1) is 0 Å². The third-order valence-corrected chi connectivity index (χ3v) is 2.99. The van der Waals surface area contributed by atoms with Crippen molar-refractivity contribution >= 4 is 11.8 Å². The Kier molecular flexibility index (Phi) is 2.90. The maximum absolute atomic E-state index is 2.17. The number of hydrogen-bond acceptors (Lipinski definition) is 1. The lowest BCUT2D eigenvalue weighted by atomic mass is 10.1. The highest BCUT2D eigenvalue weighted by Gasteiger charge is 2.01. The number of benzene rings is 2. The molecule has 0 amide bonds. The topological polar surface area (TPSA) is 0 Å². The molecule has 0 spiro atoms. The second-order valence-corrected chi connectivity index (χ2v) is 3.91. The van der Waals surface area contributed by atoms with E-state index in [1.807, 2.05) is 6.07 Å². The molecule has 2 aromatic carbocycles. The highest BCUT2D eigenvalue weighted by atomic mass is 32.2. The van der Waals surface area contributed by atoms with Crippen molar-refractivity contribution in [2.24, 2.45) is 0 Å². The summed E-state index contributed by atoms with van der Waals surface area (Å²) in [7, 11) is 0. The van der Waals surface area contributed by atoms with Gasteiger partial charge >= 0.3 is 0 Å². The Morgan fingerprint density at radius 3 is 2.14 bits per heavy atom. The number of hydrogen-bond donors (Lipinski definition) is 0. The lowest BCUT2D eigenvalue weighted by Crippen LogP contribution is -1.80. The quantitative estimate of drug-likeness (QED) is 0.658. The summed E-state index contributed by atoms with van der Waals surface area (Å²) in [6, 6.07) is 19.0. The normalized spacial score (nSPS) is 10.1. The first-order chi connectivity index (χ1) is 6.92. The van der Waals surface area contributed by atoms with Crippen LogP contribution in [0.1, 0.15) is 0 Å². The minimum atomic E-state index is 1.29. The average molecular weight is 200 g/mol. The van der Waals surface area contributed by atoms with Crippen LogP contribution in [0.5, 0.6) is 0 Å². The lowest BCUT2D eigenvalue weighted by molar-refractivity contribution is 1.45. The third kappa shape index (κ3) is 1.83. The second kappa shape index (κ2) is 4.34. The Labute approximate surface area is 89.0 Å². The van der Waals surface area contributed by atoms with Gasteiger partial charge in [0.05, 0.1) is 0 Å². The molecule has 14 heavy (non-hydrogen) atoms. The predicted molar refractivity (Wildman–Crippen MR) is 63.7 cm³/mol. The largest absolute Gasteiger partial charge is 0.129 e. The molecule has 0 heterocycles. The van der Waals surface area contributed by atoms with Crippen LogP contribution in [-0.4, -0.2) is 6.26 Å². The first kappa shape index (κ1) is 9.35. The van der Waals surface area contributed by atoms with Crippen molar-refractivity contribution in [2.45, 2.75) is 4.90 Å². The van der Waals surface area contributed by atoms with Gasteiger partial charge in [-0.15, -0.1) is 11.8 Å². The lowest BCUT2D eigenvalue weighted by Gasteiger charge is -2.06. The van der Waals surface area contributed by atoms with E-state index in [1.54, 1.807) is 11.8 Å². The van der Waals surface area contributed by atoms with Gasteiger partial charge in [0.15, 0.2) is 0 Å². The van der Waals surface area contributed by atoms with Crippen LogP contribution in [0.25, 0.3) is 11.1 Å². The van der Waals surface area contributed by atoms with Crippen molar-refractivity contribution in [1.82, 2.24) is 0 Å². The molecule has 1 heteroatoms. The molecule has 70 valence electrons. The Morgan fingerprint density at radius 2 is 1.43 bits per heavy atom. The SMILES string of the molecule is CSc1ccccc1-c1ccccc1. The van der Waals surface area contributed by atoms with E-state index in [9.17, 15) is 0 Å². The van der Waals surface area contributed by atoms with Gasteiger partial charge in [-0.05, 0) is 23.4 Å². The van der Waals surface area contributed by atoms with Crippen molar-refractivity contribution in [2.75, 3.05) is 6.26 Å². The van der Waals surface area contributed by atoms with Crippen LogP contribution in [0.3, 0.4) is 0 Å². The van der Waals surface area contributed by atoms with E-state index in [2.05, 4.69) is 54.8 Å². The summed E-state index contributed by atoms with van der Waals surface area (Å²) in [5.74, 6) is 0. The van der Waals surface area contributed by atoms with Crippen LogP contribution < -0.4 is 0 Å². The van der Waals surface area contributed by atoms with Gasteiger partial charge in [-0.25, -0.2) is 0 Å². The average Bonchev–Trinajstić information content (AvgIpc) is 2.30. The van der Waals surface area contributed by atoms with Crippen LogP contribution in [0.4, 0.5) is 0 Å². The van der Waals surface area contributed by atoms with Gasteiger partial charge in [0.1, 0.15) is 0 Å². The van der Waals surface area contributed by atoms with Crippen molar-refractivity contribution in [1.29, 1.82) is 0 Å². The molecule has 0 atom stereocenters. The molecule has 0 radical (unpaired) electrons. The Balaban J connectivity index is 2.51. The third-order valence-electron chi connectivity index (χ3n) is 2.19. The van der Waals surface area contributed by atoms with E-state index in [0.717, 1.165) is 0 Å². The Bertz CT molecular complexity index is 407. The van der Waals surface area contributed by atoms with Gasteiger partial charge in [-0.1, -0.05) is 48.5 Å². The first-order valence-corrected chi connectivity index (χ1v) is 5.83. The zero-order valence-electron chi connectivity index (χ0n) is 8.10. The fourth-order valence-electron chi connectivity index (χ4n) is 1.50. The van der Waals surface area contributed by atoms with E-state index in [1.165, 1.54) is 16.0 Å². The van der Waals surface area contributed by atoms with Gasteiger partial charge in [0.25, 0.3) is 0 Å². The molecular weight excluding hydrogens is 188 g/mol. The van der Waals surface area contributed by atoms with Gasteiger partial charge in [-0.2, -0.15) is 0 Å². The molecule has 0 saturated carbocycles. The van der Waals surface area contributed by atoms with Crippen LogP contribution in [0.2, 0.25) is 0 Å². The molecule has 0 fully saturated rings. The maximum atomic E-state index is 2.17. The van der Waals surface area contributed by atoms with E-state index in [-0.39, 0.29) is 0 Å². The summed E-state index contributed by atoms with van der Waals surface area (Å²) in [5.41, 5.74) is 2.61. The highest BCUT2D eigenvalue weighted by Crippen LogP contribution is 2.29. The molecule has 0 N–H and O–H groups in total. The van der Waals surface area contributed by atoms with Gasteiger partial charge in [-0.3, -0.25) is 0 Å². The van der Waals surface area contributed by atoms with Crippen molar-refractivity contribution in [3.05, 3.63) is 54.6 Å². The van der Waals surface area contributed by atoms with E-state index in [4.69, 9.17) is 0 Å². The molecule has 0 nitrogen and oxygen atoms in total. The summed E-state index contributed by atoms with van der Waals surface area (Å²) in [4.78, 5) is 1.33. The molecule has 0 saturated heterocycles. The summed E-state index contributed by atoms with van der Waals surface area (Å²) in [6.07, 6.45) is 2.11. The van der Waals surface area contributed by atoms with Crippen molar-refractivity contribution < 1.29 is 0 Å². The predicted octanol–water partition coefficient (Wildman–Crippen LogP) is 4.08. The molecule has 0 bridgehead atoms. The van der Waals surface area contributed by atoms with Crippen molar-refractivity contribution in [3.8, 4) is 11.1 Å².